The second-order valence-electron chi connectivity index (χ2n) is 6.41. The Balaban J connectivity index is 1.76. The van der Waals surface area contributed by atoms with E-state index >= 15 is 0 Å². The average Bonchev–Trinajstić information content (AvgIpc) is 3.14. The van der Waals surface area contributed by atoms with Crippen LogP contribution in [0.3, 0.4) is 0 Å². The van der Waals surface area contributed by atoms with Gasteiger partial charge in [-0.25, -0.2) is 12.8 Å². The molecule has 0 unspecified atom stereocenters. The first-order chi connectivity index (χ1) is 12.4. The minimum Gasteiger partial charge on any atom is -0.340 e. The van der Waals surface area contributed by atoms with Gasteiger partial charge < -0.3 is 4.90 Å². The molecule has 1 saturated heterocycles. The molecule has 0 N–H and O–H groups in total. The molecule has 2 aromatic rings. The summed E-state index contributed by atoms with van der Waals surface area (Å²) >= 11 is 0. The zero-order valence-corrected chi connectivity index (χ0v) is 15.3. The number of benzene rings is 2. The maximum absolute atomic E-state index is 13.0. The van der Waals surface area contributed by atoms with Crippen molar-refractivity contribution >= 4 is 15.9 Å². The lowest BCUT2D eigenvalue weighted by atomic mass is 10.1. The summed E-state index contributed by atoms with van der Waals surface area (Å²) in [6, 6.07) is 13.4. The first kappa shape index (κ1) is 18.5. The van der Waals surface area contributed by atoms with Gasteiger partial charge in [0.2, 0.25) is 15.9 Å². The molecule has 1 heterocycles. The van der Waals surface area contributed by atoms with E-state index in [4.69, 9.17) is 0 Å². The van der Waals surface area contributed by atoms with Crippen molar-refractivity contribution in [3.63, 3.8) is 0 Å². The standard InChI is InChI=1S/C19H21FN2O3S/c1-21(14-15-9-11-16(20)12-10-15)19(23)18-8-5-13-22(18)26(24,25)17-6-3-2-4-7-17/h2-4,6-7,9-12,18H,5,8,13-14H2,1H3/t18-/m0/s1. The van der Waals surface area contributed by atoms with Gasteiger partial charge in [-0.05, 0) is 42.7 Å². The number of carbonyl (C=O) groups is 1. The van der Waals surface area contributed by atoms with Crippen molar-refractivity contribution in [2.45, 2.75) is 30.3 Å². The molecule has 7 heteroatoms. The Morgan fingerprint density at radius 1 is 1.15 bits per heavy atom. The van der Waals surface area contributed by atoms with E-state index in [2.05, 4.69) is 0 Å². The summed E-state index contributed by atoms with van der Waals surface area (Å²) in [5, 5.41) is 0. The molecule has 1 atom stereocenters. The minimum atomic E-state index is -3.71. The van der Waals surface area contributed by atoms with Gasteiger partial charge in [0.15, 0.2) is 0 Å². The second-order valence-corrected chi connectivity index (χ2v) is 8.30. The molecule has 2 aromatic carbocycles. The summed E-state index contributed by atoms with van der Waals surface area (Å²) in [6.45, 7) is 0.632. The summed E-state index contributed by atoms with van der Waals surface area (Å²) in [4.78, 5) is 14.5. The van der Waals surface area contributed by atoms with E-state index in [1.54, 1.807) is 37.4 Å². The molecule has 138 valence electrons. The van der Waals surface area contributed by atoms with Gasteiger partial charge in [0.05, 0.1) is 4.90 Å². The number of halogens is 1. The monoisotopic (exact) mass is 376 g/mol. The summed E-state index contributed by atoms with van der Waals surface area (Å²) in [5.74, 6) is -0.579. The van der Waals surface area contributed by atoms with Crippen molar-refractivity contribution < 1.29 is 17.6 Å². The van der Waals surface area contributed by atoms with Crippen LogP contribution in [0.25, 0.3) is 0 Å². The van der Waals surface area contributed by atoms with Gasteiger partial charge in [-0.3, -0.25) is 4.79 Å². The third-order valence-corrected chi connectivity index (χ3v) is 6.47. The van der Waals surface area contributed by atoms with Crippen LogP contribution in [-0.4, -0.2) is 43.2 Å². The highest BCUT2D eigenvalue weighted by atomic mass is 32.2. The molecule has 0 aromatic heterocycles. The minimum absolute atomic E-state index is 0.195. The first-order valence-electron chi connectivity index (χ1n) is 8.46. The maximum Gasteiger partial charge on any atom is 0.243 e. The van der Waals surface area contributed by atoms with Crippen LogP contribution in [-0.2, 0) is 21.4 Å². The van der Waals surface area contributed by atoms with Crippen LogP contribution < -0.4 is 0 Å². The van der Waals surface area contributed by atoms with Crippen molar-refractivity contribution in [1.82, 2.24) is 9.21 Å². The fourth-order valence-corrected chi connectivity index (χ4v) is 4.87. The van der Waals surface area contributed by atoms with Gasteiger partial charge in [-0.15, -0.1) is 0 Å². The van der Waals surface area contributed by atoms with E-state index in [0.717, 1.165) is 5.56 Å². The lowest BCUT2D eigenvalue weighted by Gasteiger charge is -2.27. The zero-order chi connectivity index (χ0) is 18.7. The lowest BCUT2D eigenvalue weighted by molar-refractivity contribution is -0.133. The van der Waals surface area contributed by atoms with Gasteiger partial charge in [-0.1, -0.05) is 30.3 Å². The van der Waals surface area contributed by atoms with Crippen LogP contribution in [0.2, 0.25) is 0 Å². The molecule has 3 rings (SSSR count). The number of hydrogen-bond donors (Lipinski definition) is 0. The van der Waals surface area contributed by atoms with E-state index in [1.165, 1.54) is 33.5 Å². The van der Waals surface area contributed by atoms with E-state index in [9.17, 15) is 17.6 Å². The number of hydrogen-bond acceptors (Lipinski definition) is 3. The van der Waals surface area contributed by atoms with Crippen molar-refractivity contribution in [2.75, 3.05) is 13.6 Å². The third kappa shape index (κ3) is 3.78. The van der Waals surface area contributed by atoms with E-state index in [0.29, 0.717) is 25.9 Å². The molecule has 0 saturated carbocycles. The second kappa shape index (κ2) is 7.55. The highest BCUT2D eigenvalue weighted by Gasteiger charge is 2.40. The molecule has 0 aliphatic carbocycles. The summed E-state index contributed by atoms with van der Waals surface area (Å²) in [7, 11) is -2.07. The van der Waals surface area contributed by atoms with Crippen LogP contribution in [0.15, 0.2) is 59.5 Å². The quantitative estimate of drug-likeness (QED) is 0.806. The Bertz CT molecular complexity index is 869. The Morgan fingerprint density at radius 2 is 1.81 bits per heavy atom. The number of amides is 1. The molecular formula is C19H21FN2O3S. The number of carbonyl (C=O) groups excluding carboxylic acids is 1. The van der Waals surface area contributed by atoms with E-state index < -0.39 is 16.1 Å². The van der Waals surface area contributed by atoms with Crippen LogP contribution in [0.1, 0.15) is 18.4 Å². The fraction of sp³-hybridized carbons (Fsp3) is 0.316. The summed E-state index contributed by atoms with van der Waals surface area (Å²) in [6.07, 6.45) is 1.14. The fourth-order valence-electron chi connectivity index (χ4n) is 3.20. The molecule has 0 bridgehead atoms. The Hall–Kier alpha value is -2.25. The molecular weight excluding hydrogens is 355 g/mol. The maximum atomic E-state index is 13.0. The number of nitrogens with zero attached hydrogens (tertiary/aromatic N) is 2. The Labute approximate surface area is 153 Å². The molecule has 1 amide bonds. The van der Waals surface area contributed by atoms with Crippen molar-refractivity contribution in [1.29, 1.82) is 0 Å². The van der Waals surface area contributed by atoms with E-state index in [1.807, 2.05) is 0 Å². The number of rotatable bonds is 5. The summed E-state index contributed by atoms with van der Waals surface area (Å²) in [5.41, 5.74) is 0.790. The molecule has 1 aliphatic heterocycles. The smallest absolute Gasteiger partial charge is 0.243 e. The first-order valence-corrected chi connectivity index (χ1v) is 9.90. The molecule has 0 spiro atoms. The highest BCUT2D eigenvalue weighted by Crippen LogP contribution is 2.27. The van der Waals surface area contributed by atoms with Crippen LogP contribution in [0, 0.1) is 5.82 Å². The normalized spacial score (nSPS) is 18.0. The predicted octanol–water partition coefficient (Wildman–Crippen LogP) is 2.64. The highest BCUT2D eigenvalue weighted by molar-refractivity contribution is 7.89. The van der Waals surface area contributed by atoms with Crippen LogP contribution in [0.4, 0.5) is 4.39 Å². The topological polar surface area (TPSA) is 57.7 Å². The average molecular weight is 376 g/mol. The lowest BCUT2D eigenvalue weighted by Crippen LogP contribution is -2.46. The zero-order valence-electron chi connectivity index (χ0n) is 14.5. The van der Waals surface area contributed by atoms with Crippen molar-refractivity contribution in [3.8, 4) is 0 Å². The Kier molecular flexibility index (Phi) is 5.38. The van der Waals surface area contributed by atoms with Crippen LogP contribution >= 0.6 is 0 Å². The van der Waals surface area contributed by atoms with Gasteiger partial charge in [0, 0.05) is 20.1 Å². The SMILES string of the molecule is CN(Cc1ccc(F)cc1)C(=O)[C@@H]1CCCN1S(=O)(=O)c1ccccc1. The number of sulfonamides is 1. The van der Waals surface area contributed by atoms with Gasteiger partial charge in [0.1, 0.15) is 11.9 Å². The van der Waals surface area contributed by atoms with Gasteiger partial charge in [-0.2, -0.15) is 4.31 Å². The van der Waals surface area contributed by atoms with Crippen LogP contribution in [0.5, 0.6) is 0 Å². The molecule has 5 nitrogen and oxygen atoms in total. The van der Waals surface area contributed by atoms with Gasteiger partial charge >= 0.3 is 0 Å². The number of likely N-dealkylation sites (N-methyl/N-ethyl adjacent to an activating group) is 1. The molecule has 26 heavy (non-hydrogen) atoms. The molecule has 1 fully saturated rings. The van der Waals surface area contributed by atoms with E-state index in [-0.39, 0.29) is 16.6 Å². The Morgan fingerprint density at radius 3 is 2.46 bits per heavy atom. The molecule has 0 radical (unpaired) electrons. The van der Waals surface area contributed by atoms with Crippen molar-refractivity contribution in [2.24, 2.45) is 0 Å². The van der Waals surface area contributed by atoms with Gasteiger partial charge in [0.25, 0.3) is 0 Å². The summed E-state index contributed by atoms with van der Waals surface area (Å²) < 4.78 is 40.1. The largest absolute Gasteiger partial charge is 0.340 e. The predicted molar refractivity (Wildman–Crippen MR) is 96.2 cm³/mol. The van der Waals surface area contributed by atoms with Crippen molar-refractivity contribution in [3.05, 3.63) is 66.0 Å². The third-order valence-electron chi connectivity index (χ3n) is 4.55. The molecule has 1 aliphatic rings.